The number of hydrogen-bond donors (Lipinski definition) is 1. The maximum Gasteiger partial charge on any atom is 0.267 e. The molecule has 2 aliphatic heterocycles. The molecule has 2 N–H and O–H groups in total. The summed E-state index contributed by atoms with van der Waals surface area (Å²) in [6, 6.07) is 3.70. The SMILES string of the molecule is CCN1C(=O)C(=Cc2c(N3CCC(C(N)=O)CC3)nc3ccc(C)cn3c2=O)SC1=S. The lowest BCUT2D eigenvalue weighted by Crippen LogP contribution is -2.40. The number of hydrogen-bond acceptors (Lipinski definition) is 7. The number of likely N-dealkylation sites (N-methyl/N-ethyl adjacent to an activating group) is 1. The van der Waals surface area contributed by atoms with E-state index in [1.165, 1.54) is 21.1 Å². The van der Waals surface area contributed by atoms with Crippen molar-refractivity contribution in [3.63, 3.8) is 0 Å². The molecule has 2 saturated heterocycles. The number of carbonyl (C=O) groups is 2. The summed E-state index contributed by atoms with van der Waals surface area (Å²) < 4.78 is 1.98. The Morgan fingerprint density at radius 3 is 2.65 bits per heavy atom. The highest BCUT2D eigenvalue weighted by Gasteiger charge is 2.32. The van der Waals surface area contributed by atoms with Gasteiger partial charge in [0, 0.05) is 31.7 Å². The normalized spacial score (nSPS) is 19.1. The molecule has 10 heteroatoms. The lowest BCUT2D eigenvalue weighted by Gasteiger charge is -2.32. The minimum absolute atomic E-state index is 0.176. The van der Waals surface area contributed by atoms with E-state index in [-0.39, 0.29) is 23.3 Å². The van der Waals surface area contributed by atoms with Gasteiger partial charge in [-0.05, 0) is 44.4 Å². The minimum atomic E-state index is -0.301. The summed E-state index contributed by atoms with van der Waals surface area (Å²) in [4.78, 5) is 46.4. The summed E-state index contributed by atoms with van der Waals surface area (Å²) in [6.07, 6.45) is 4.54. The number of pyridine rings is 1. The van der Waals surface area contributed by atoms with Crippen LogP contribution in [0.25, 0.3) is 11.7 Å². The first-order valence-corrected chi connectivity index (χ1v) is 11.3. The number of thioether (sulfide) groups is 1. The van der Waals surface area contributed by atoms with E-state index < -0.39 is 0 Å². The van der Waals surface area contributed by atoms with E-state index in [9.17, 15) is 14.4 Å². The van der Waals surface area contributed by atoms with Crippen molar-refractivity contribution >= 4 is 57.7 Å². The van der Waals surface area contributed by atoms with Crippen molar-refractivity contribution < 1.29 is 9.59 Å². The largest absolute Gasteiger partial charge is 0.369 e. The summed E-state index contributed by atoms with van der Waals surface area (Å²) in [5.74, 6) is -0.169. The number of carbonyl (C=O) groups excluding carboxylic acids is 2. The van der Waals surface area contributed by atoms with Crippen LogP contribution in [0.4, 0.5) is 5.82 Å². The van der Waals surface area contributed by atoms with Gasteiger partial charge in [0.1, 0.15) is 15.8 Å². The molecule has 0 saturated carbocycles. The number of rotatable bonds is 4. The smallest absolute Gasteiger partial charge is 0.267 e. The van der Waals surface area contributed by atoms with E-state index in [2.05, 4.69) is 0 Å². The fraction of sp³-hybridized carbons (Fsp3) is 0.381. The molecular weight excluding hydrogens is 434 g/mol. The Kier molecular flexibility index (Phi) is 5.85. The van der Waals surface area contributed by atoms with Crippen LogP contribution in [-0.4, -0.2) is 50.1 Å². The zero-order valence-corrected chi connectivity index (χ0v) is 19.0. The third-order valence-electron chi connectivity index (χ3n) is 5.65. The Balaban J connectivity index is 1.84. The van der Waals surface area contributed by atoms with Gasteiger partial charge in [-0.1, -0.05) is 30.0 Å². The molecule has 0 atom stereocenters. The maximum absolute atomic E-state index is 13.5. The lowest BCUT2D eigenvalue weighted by atomic mass is 9.96. The van der Waals surface area contributed by atoms with Gasteiger partial charge in [-0.15, -0.1) is 0 Å². The monoisotopic (exact) mass is 457 g/mol. The number of nitrogens with two attached hydrogens (primary N) is 1. The number of aryl methyl sites for hydroxylation is 1. The molecule has 2 aromatic rings. The van der Waals surface area contributed by atoms with Gasteiger partial charge < -0.3 is 10.6 Å². The molecule has 0 aliphatic carbocycles. The Bertz CT molecular complexity index is 1180. The molecule has 2 aliphatic rings. The second kappa shape index (κ2) is 8.43. The number of fused-ring (bicyclic) bond motifs is 1. The van der Waals surface area contributed by atoms with Gasteiger partial charge in [0.2, 0.25) is 5.91 Å². The van der Waals surface area contributed by atoms with Gasteiger partial charge in [-0.2, -0.15) is 0 Å². The van der Waals surface area contributed by atoms with Crippen LogP contribution in [-0.2, 0) is 9.59 Å². The van der Waals surface area contributed by atoms with E-state index in [0.29, 0.717) is 58.7 Å². The number of anilines is 1. The van der Waals surface area contributed by atoms with Gasteiger partial charge in [0.05, 0.1) is 10.5 Å². The molecule has 0 radical (unpaired) electrons. The highest BCUT2D eigenvalue weighted by molar-refractivity contribution is 8.26. The molecule has 31 heavy (non-hydrogen) atoms. The van der Waals surface area contributed by atoms with E-state index >= 15 is 0 Å². The van der Waals surface area contributed by atoms with Crippen LogP contribution < -0.4 is 16.2 Å². The van der Waals surface area contributed by atoms with E-state index in [1.807, 2.05) is 24.8 Å². The van der Waals surface area contributed by atoms with Crippen molar-refractivity contribution in [3.8, 4) is 0 Å². The van der Waals surface area contributed by atoms with E-state index in [4.69, 9.17) is 22.9 Å². The molecular formula is C21H23N5O3S2. The Hall–Kier alpha value is -2.72. The molecule has 0 bridgehead atoms. The molecule has 0 spiro atoms. The molecule has 2 fully saturated rings. The van der Waals surface area contributed by atoms with Crippen LogP contribution in [0, 0.1) is 12.8 Å². The molecule has 4 rings (SSSR count). The first-order valence-electron chi connectivity index (χ1n) is 10.1. The molecule has 2 amide bonds. The predicted molar refractivity (Wildman–Crippen MR) is 126 cm³/mol. The number of thiocarbonyl (C=S) groups is 1. The van der Waals surface area contributed by atoms with Gasteiger partial charge in [-0.3, -0.25) is 23.7 Å². The average molecular weight is 458 g/mol. The maximum atomic E-state index is 13.5. The summed E-state index contributed by atoms with van der Waals surface area (Å²) >= 11 is 6.50. The average Bonchev–Trinajstić information content (AvgIpc) is 3.02. The molecule has 8 nitrogen and oxygen atoms in total. The lowest BCUT2D eigenvalue weighted by molar-refractivity contribution is -0.123. The van der Waals surface area contributed by atoms with Crippen LogP contribution in [0.15, 0.2) is 28.0 Å². The van der Waals surface area contributed by atoms with Crippen molar-refractivity contribution in [3.05, 3.63) is 44.7 Å². The standard InChI is InChI=1S/C21H23N5O3S2/c1-3-25-20(29)15(31-21(25)30)10-14-18(24-8-6-13(7-9-24)17(22)27)23-16-5-4-12(2)11-26(16)19(14)28/h4-5,10-11,13H,3,6-9H2,1-2H3,(H2,22,27). The second-order valence-electron chi connectivity index (χ2n) is 7.68. The highest BCUT2D eigenvalue weighted by atomic mass is 32.2. The van der Waals surface area contributed by atoms with E-state index in [0.717, 1.165) is 5.56 Å². The first-order chi connectivity index (χ1) is 14.8. The Morgan fingerprint density at radius 2 is 2.03 bits per heavy atom. The number of amides is 2. The number of aromatic nitrogens is 2. The zero-order valence-electron chi connectivity index (χ0n) is 17.3. The number of primary amides is 1. The molecule has 4 heterocycles. The van der Waals surface area contributed by atoms with Crippen molar-refractivity contribution in [2.45, 2.75) is 26.7 Å². The van der Waals surface area contributed by atoms with Gasteiger partial charge >= 0.3 is 0 Å². The topological polar surface area (TPSA) is 101 Å². The zero-order chi connectivity index (χ0) is 22.3. The van der Waals surface area contributed by atoms with Crippen molar-refractivity contribution in [1.82, 2.24) is 14.3 Å². The van der Waals surface area contributed by atoms with Crippen molar-refractivity contribution in [2.24, 2.45) is 11.7 Å². The third kappa shape index (κ3) is 3.97. The first kappa shape index (κ1) is 21.5. The summed E-state index contributed by atoms with van der Waals surface area (Å²) in [5, 5.41) is 0. The van der Waals surface area contributed by atoms with Crippen molar-refractivity contribution in [2.75, 3.05) is 24.5 Å². The highest BCUT2D eigenvalue weighted by Crippen LogP contribution is 2.34. The molecule has 162 valence electrons. The van der Waals surface area contributed by atoms with Crippen LogP contribution >= 0.6 is 24.0 Å². The number of nitrogens with zero attached hydrogens (tertiary/aromatic N) is 4. The Morgan fingerprint density at radius 1 is 1.32 bits per heavy atom. The van der Waals surface area contributed by atoms with Crippen molar-refractivity contribution in [1.29, 1.82) is 0 Å². The summed E-state index contributed by atoms with van der Waals surface area (Å²) in [5.41, 5.74) is 7.02. The van der Waals surface area contributed by atoms with Gasteiger partial charge in [-0.25, -0.2) is 4.98 Å². The minimum Gasteiger partial charge on any atom is -0.369 e. The molecule has 2 aromatic heterocycles. The Labute approximate surface area is 189 Å². The fourth-order valence-corrected chi connectivity index (χ4v) is 5.26. The summed E-state index contributed by atoms with van der Waals surface area (Å²) in [6.45, 7) is 5.35. The summed E-state index contributed by atoms with van der Waals surface area (Å²) in [7, 11) is 0. The van der Waals surface area contributed by atoms with E-state index in [1.54, 1.807) is 18.3 Å². The van der Waals surface area contributed by atoms with Gasteiger partial charge in [0.25, 0.3) is 11.5 Å². The van der Waals surface area contributed by atoms with Crippen LogP contribution in [0.3, 0.4) is 0 Å². The number of piperidine rings is 1. The second-order valence-corrected chi connectivity index (χ2v) is 9.35. The third-order valence-corrected chi connectivity index (χ3v) is 7.03. The van der Waals surface area contributed by atoms with Crippen LogP contribution in [0.2, 0.25) is 0 Å². The van der Waals surface area contributed by atoms with Gasteiger partial charge in [0.15, 0.2) is 0 Å². The molecule has 0 aromatic carbocycles. The fourth-order valence-electron chi connectivity index (χ4n) is 3.89. The quantitative estimate of drug-likeness (QED) is 0.553. The van der Waals surface area contributed by atoms with Crippen LogP contribution in [0.1, 0.15) is 30.9 Å². The predicted octanol–water partition coefficient (Wildman–Crippen LogP) is 1.93. The van der Waals surface area contributed by atoms with Crippen LogP contribution in [0.5, 0.6) is 0 Å². The molecule has 0 unspecified atom stereocenters.